The quantitative estimate of drug-likeness (QED) is 0.760. The van der Waals surface area contributed by atoms with Crippen molar-refractivity contribution in [1.82, 2.24) is 4.90 Å². The Morgan fingerprint density at radius 1 is 1.33 bits per heavy atom. The zero-order valence-electron chi connectivity index (χ0n) is 12.0. The van der Waals surface area contributed by atoms with E-state index in [0.717, 1.165) is 18.4 Å². The molecule has 0 radical (unpaired) electrons. The second kappa shape index (κ2) is 5.88. The fourth-order valence-electron chi connectivity index (χ4n) is 3.51. The minimum atomic E-state index is -0.256. The lowest BCUT2D eigenvalue weighted by Gasteiger charge is -2.37. The molecule has 0 spiro atoms. The molecule has 4 nitrogen and oxygen atoms in total. The van der Waals surface area contributed by atoms with E-state index in [2.05, 4.69) is 11.8 Å². The highest BCUT2D eigenvalue weighted by Gasteiger charge is 2.42. The average Bonchev–Trinajstić information content (AvgIpc) is 2.76. The lowest BCUT2D eigenvalue weighted by atomic mass is 9.98. The van der Waals surface area contributed by atoms with E-state index in [1.54, 1.807) is 0 Å². The summed E-state index contributed by atoms with van der Waals surface area (Å²) in [6.07, 6.45) is 3.15. The van der Waals surface area contributed by atoms with Crippen LogP contribution in [0.15, 0.2) is 24.3 Å². The predicted octanol–water partition coefficient (Wildman–Crippen LogP) is 1.12. The number of aliphatic hydroxyl groups is 1. The fourth-order valence-corrected chi connectivity index (χ4v) is 3.51. The van der Waals surface area contributed by atoms with Crippen LogP contribution in [0.4, 0.5) is 0 Å². The normalized spacial score (nSPS) is 27.1. The molecule has 0 saturated carbocycles. The maximum atomic E-state index is 12.8. The largest absolute Gasteiger partial charge is 0.393 e. The highest BCUT2D eigenvalue weighted by Crippen LogP contribution is 2.36. The number of nitrogens with zero attached hydrogens (tertiary/aromatic N) is 1. The number of aliphatic hydroxyl groups excluding tert-OH is 1. The van der Waals surface area contributed by atoms with Gasteiger partial charge in [-0.05, 0) is 43.9 Å². The zero-order chi connectivity index (χ0) is 14.8. The van der Waals surface area contributed by atoms with Crippen LogP contribution in [0.5, 0.6) is 0 Å². The number of carbonyl (C=O) groups is 1. The number of hydrogen-bond acceptors (Lipinski definition) is 3. The number of piperidine rings is 1. The van der Waals surface area contributed by atoms with Crippen molar-refractivity contribution in [3.05, 3.63) is 35.4 Å². The third kappa shape index (κ3) is 2.80. The Kier molecular flexibility index (Phi) is 3.96. The fraction of sp³-hybridized carbons (Fsp3) is 0.471. The van der Waals surface area contributed by atoms with E-state index >= 15 is 0 Å². The van der Waals surface area contributed by atoms with Crippen LogP contribution in [-0.4, -0.2) is 40.6 Å². The summed E-state index contributed by atoms with van der Waals surface area (Å²) < 4.78 is 0. The van der Waals surface area contributed by atoms with Crippen LogP contribution in [0.25, 0.3) is 0 Å². The van der Waals surface area contributed by atoms with Gasteiger partial charge in [-0.25, -0.2) is 0 Å². The van der Waals surface area contributed by atoms with Crippen LogP contribution in [0.3, 0.4) is 0 Å². The van der Waals surface area contributed by atoms with Crippen LogP contribution < -0.4 is 5.73 Å². The summed E-state index contributed by atoms with van der Waals surface area (Å²) in [7, 11) is 0. The van der Waals surface area contributed by atoms with Crippen LogP contribution in [-0.2, 0) is 0 Å². The lowest BCUT2D eigenvalue weighted by molar-refractivity contribution is 0.0287. The first-order valence-corrected chi connectivity index (χ1v) is 7.48. The average molecular weight is 284 g/mol. The van der Waals surface area contributed by atoms with Gasteiger partial charge in [-0.3, -0.25) is 4.79 Å². The standard InChI is InChI=1S/C17H20N2O2/c18-8-2-4-12-3-1-5-13(9-12)17(21)19-14-6-7-15(19)11-16(20)10-14/h1,3,5,9,14-16,20H,6-8,10-11,18H2. The highest BCUT2D eigenvalue weighted by atomic mass is 16.3. The van der Waals surface area contributed by atoms with Crippen molar-refractivity contribution in [2.24, 2.45) is 5.73 Å². The summed E-state index contributed by atoms with van der Waals surface area (Å²) in [5, 5.41) is 9.83. The second-order valence-electron chi connectivity index (χ2n) is 5.81. The Bertz CT molecular complexity index is 588. The Labute approximate surface area is 124 Å². The Morgan fingerprint density at radius 2 is 2.05 bits per heavy atom. The maximum absolute atomic E-state index is 12.8. The molecule has 1 aromatic rings. The number of rotatable bonds is 1. The van der Waals surface area contributed by atoms with E-state index in [0.29, 0.717) is 24.9 Å². The molecule has 2 unspecified atom stereocenters. The highest BCUT2D eigenvalue weighted by molar-refractivity contribution is 5.95. The molecule has 2 saturated heterocycles. The van der Waals surface area contributed by atoms with E-state index in [1.165, 1.54) is 0 Å². The number of nitrogens with two attached hydrogens (primary N) is 1. The Morgan fingerprint density at radius 3 is 2.71 bits per heavy atom. The Balaban J connectivity index is 1.83. The van der Waals surface area contributed by atoms with E-state index < -0.39 is 0 Å². The summed E-state index contributed by atoms with van der Waals surface area (Å²) in [5.41, 5.74) is 6.87. The van der Waals surface area contributed by atoms with Crippen molar-refractivity contribution in [2.45, 2.75) is 43.9 Å². The molecule has 0 aromatic heterocycles. The lowest BCUT2D eigenvalue weighted by Crippen LogP contribution is -2.48. The summed E-state index contributed by atoms with van der Waals surface area (Å²) >= 11 is 0. The van der Waals surface area contributed by atoms with E-state index in [9.17, 15) is 9.90 Å². The van der Waals surface area contributed by atoms with Crippen LogP contribution >= 0.6 is 0 Å². The van der Waals surface area contributed by atoms with Gasteiger partial charge in [-0.2, -0.15) is 0 Å². The molecule has 0 aliphatic carbocycles. The van der Waals surface area contributed by atoms with Gasteiger partial charge in [0.2, 0.25) is 0 Å². The SMILES string of the molecule is NCC#Cc1cccc(C(=O)N2C3CCC2CC(O)C3)c1. The molecule has 2 fully saturated rings. The number of benzene rings is 1. The molecule has 3 N–H and O–H groups in total. The number of carbonyl (C=O) groups excluding carboxylic acids is 1. The minimum Gasteiger partial charge on any atom is -0.393 e. The molecule has 4 heteroatoms. The molecule has 3 rings (SSSR count). The molecule has 1 amide bonds. The van der Waals surface area contributed by atoms with Gasteiger partial charge in [0.05, 0.1) is 12.6 Å². The van der Waals surface area contributed by atoms with Gasteiger partial charge in [0.15, 0.2) is 0 Å². The molecule has 2 atom stereocenters. The smallest absolute Gasteiger partial charge is 0.254 e. The monoisotopic (exact) mass is 284 g/mol. The van der Waals surface area contributed by atoms with Crippen molar-refractivity contribution >= 4 is 5.91 Å². The molecule has 2 aliphatic rings. The van der Waals surface area contributed by atoms with Crippen molar-refractivity contribution in [1.29, 1.82) is 0 Å². The van der Waals surface area contributed by atoms with Gasteiger partial charge < -0.3 is 15.7 Å². The van der Waals surface area contributed by atoms with Gasteiger partial charge in [-0.15, -0.1) is 0 Å². The number of amides is 1. The second-order valence-corrected chi connectivity index (χ2v) is 5.81. The van der Waals surface area contributed by atoms with Crippen LogP contribution in [0.2, 0.25) is 0 Å². The van der Waals surface area contributed by atoms with Gasteiger partial charge in [0, 0.05) is 23.2 Å². The summed E-state index contributed by atoms with van der Waals surface area (Å²) in [5.74, 6) is 5.83. The van der Waals surface area contributed by atoms with Crippen molar-refractivity contribution in [3.8, 4) is 11.8 Å². The van der Waals surface area contributed by atoms with E-state index in [-0.39, 0.29) is 24.1 Å². The number of hydrogen-bond donors (Lipinski definition) is 2. The molecule has 2 heterocycles. The van der Waals surface area contributed by atoms with Gasteiger partial charge in [0.25, 0.3) is 5.91 Å². The summed E-state index contributed by atoms with van der Waals surface area (Å²) in [6.45, 7) is 0.312. The third-order valence-electron chi connectivity index (χ3n) is 4.39. The van der Waals surface area contributed by atoms with Crippen molar-refractivity contribution in [2.75, 3.05) is 6.54 Å². The van der Waals surface area contributed by atoms with Gasteiger partial charge in [-0.1, -0.05) is 17.9 Å². The van der Waals surface area contributed by atoms with Crippen molar-refractivity contribution in [3.63, 3.8) is 0 Å². The first kappa shape index (κ1) is 14.1. The summed E-state index contributed by atoms with van der Waals surface area (Å²) in [6, 6.07) is 7.77. The number of fused-ring (bicyclic) bond motifs is 2. The first-order valence-electron chi connectivity index (χ1n) is 7.48. The molecule has 2 aliphatic heterocycles. The molecule has 21 heavy (non-hydrogen) atoms. The predicted molar refractivity (Wildman–Crippen MR) is 80.6 cm³/mol. The van der Waals surface area contributed by atoms with Crippen LogP contribution in [0.1, 0.15) is 41.6 Å². The Hall–Kier alpha value is -1.83. The van der Waals surface area contributed by atoms with Gasteiger partial charge in [0.1, 0.15) is 0 Å². The molecular formula is C17H20N2O2. The zero-order valence-corrected chi connectivity index (χ0v) is 12.0. The molecule has 110 valence electrons. The van der Waals surface area contributed by atoms with E-state index in [1.807, 2.05) is 29.2 Å². The minimum absolute atomic E-state index is 0.0609. The van der Waals surface area contributed by atoms with Crippen molar-refractivity contribution < 1.29 is 9.90 Å². The summed E-state index contributed by atoms with van der Waals surface area (Å²) in [4.78, 5) is 14.7. The first-order chi connectivity index (χ1) is 10.2. The maximum Gasteiger partial charge on any atom is 0.254 e. The molecule has 2 bridgehead atoms. The molecular weight excluding hydrogens is 264 g/mol. The van der Waals surface area contributed by atoms with E-state index in [4.69, 9.17) is 5.73 Å². The third-order valence-corrected chi connectivity index (χ3v) is 4.39. The van der Waals surface area contributed by atoms with Crippen LogP contribution in [0, 0.1) is 11.8 Å². The van der Waals surface area contributed by atoms with Gasteiger partial charge >= 0.3 is 0 Å². The molecule has 1 aromatic carbocycles. The topological polar surface area (TPSA) is 66.6 Å².